The summed E-state index contributed by atoms with van der Waals surface area (Å²) >= 11 is 0. The SMILES string of the molecule is CC[C@@H](C)C(=O)O[C@H]1[C@H](OC(C)=O)[C@@H]2[C@@]3(C)C=CC(=O)[C@](C)(C(=O)OC)C3=C(O)C(=O)[C@@]2(C)[C@@]23O[C@@H]2C[C@@H](c2ccoc2)[C@]13C. The van der Waals surface area contributed by atoms with Crippen LogP contribution in [0.4, 0.5) is 0 Å². The summed E-state index contributed by atoms with van der Waals surface area (Å²) in [6.07, 6.45) is 4.00. The van der Waals surface area contributed by atoms with E-state index in [1.54, 1.807) is 39.4 Å². The number of rotatable bonds is 6. The molecule has 0 aromatic carbocycles. The molecule has 5 aliphatic rings. The van der Waals surface area contributed by atoms with Gasteiger partial charge in [-0.15, -0.1) is 0 Å². The number of carbonyl (C=O) groups excluding carboxylic acids is 5. The number of esters is 3. The Morgan fingerprint density at radius 2 is 1.82 bits per heavy atom. The highest BCUT2D eigenvalue weighted by Crippen LogP contribution is 2.82. The average Bonchev–Trinajstić information content (AvgIpc) is 3.35. The Hall–Kier alpha value is -3.73. The fourth-order valence-corrected chi connectivity index (χ4v) is 9.90. The Morgan fingerprint density at radius 3 is 2.40 bits per heavy atom. The molecule has 11 atom stereocenters. The number of allylic oxidation sites excluding steroid dienone is 3. The lowest BCUT2D eigenvalue weighted by molar-refractivity contribution is -0.249. The minimum Gasteiger partial charge on any atom is -0.504 e. The van der Waals surface area contributed by atoms with Crippen molar-refractivity contribution in [3.63, 3.8) is 0 Å². The molecule has 0 bridgehead atoms. The number of fused-ring (bicyclic) bond motifs is 3. The molecule has 1 aliphatic heterocycles. The van der Waals surface area contributed by atoms with Crippen LogP contribution in [0.1, 0.15) is 72.8 Å². The average molecular weight is 625 g/mol. The van der Waals surface area contributed by atoms with Crippen LogP contribution in [-0.2, 0) is 42.9 Å². The first-order chi connectivity index (χ1) is 21.0. The predicted molar refractivity (Wildman–Crippen MR) is 155 cm³/mol. The van der Waals surface area contributed by atoms with Crippen LogP contribution < -0.4 is 0 Å². The number of hydrogen-bond acceptors (Lipinski definition) is 11. The monoisotopic (exact) mass is 624 g/mol. The number of ketones is 2. The van der Waals surface area contributed by atoms with Crippen molar-refractivity contribution in [3.8, 4) is 0 Å². The Labute approximate surface area is 261 Å². The van der Waals surface area contributed by atoms with Crippen molar-refractivity contribution < 1.29 is 52.4 Å². The van der Waals surface area contributed by atoms with Crippen molar-refractivity contribution in [2.24, 2.45) is 33.5 Å². The number of methoxy groups -OCH3 is 1. The zero-order valence-corrected chi connectivity index (χ0v) is 26.8. The van der Waals surface area contributed by atoms with Gasteiger partial charge in [0.15, 0.2) is 17.0 Å². The van der Waals surface area contributed by atoms with Crippen LogP contribution in [0, 0.1) is 33.5 Å². The van der Waals surface area contributed by atoms with E-state index in [0.29, 0.717) is 12.8 Å². The number of Topliss-reactive ketones (excluding diaryl/α,β-unsaturated/α-hetero) is 1. The first kappa shape index (κ1) is 31.3. The van der Waals surface area contributed by atoms with Crippen LogP contribution >= 0.6 is 0 Å². The van der Waals surface area contributed by atoms with Gasteiger partial charge in [-0.25, -0.2) is 0 Å². The lowest BCUT2D eigenvalue weighted by Gasteiger charge is -2.65. The van der Waals surface area contributed by atoms with Crippen molar-refractivity contribution in [1.29, 1.82) is 0 Å². The third-order valence-corrected chi connectivity index (χ3v) is 12.1. The van der Waals surface area contributed by atoms with E-state index in [0.717, 1.165) is 12.7 Å². The zero-order chi connectivity index (χ0) is 33.1. The van der Waals surface area contributed by atoms with E-state index in [1.165, 1.54) is 19.9 Å². The summed E-state index contributed by atoms with van der Waals surface area (Å²) in [5, 5.41) is 11.9. The van der Waals surface area contributed by atoms with Gasteiger partial charge in [0.25, 0.3) is 0 Å². The quantitative estimate of drug-likeness (QED) is 0.210. The number of ether oxygens (including phenoxy) is 4. The molecule has 3 fully saturated rings. The van der Waals surface area contributed by atoms with Crippen molar-refractivity contribution >= 4 is 29.5 Å². The summed E-state index contributed by atoms with van der Waals surface area (Å²) in [7, 11) is 1.12. The van der Waals surface area contributed by atoms with Gasteiger partial charge in [-0.1, -0.05) is 33.8 Å². The van der Waals surface area contributed by atoms with Crippen molar-refractivity contribution in [2.45, 2.75) is 91.1 Å². The van der Waals surface area contributed by atoms with Crippen LogP contribution in [-0.4, -0.2) is 65.6 Å². The zero-order valence-electron chi connectivity index (χ0n) is 26.8. The molecule has 0 unspecified atom stereocenters. The van der Waals surface area contributed by atoms with Crippen molar-refractivity contribution in [1.82, 2.24) is 0 Å². The van der Waals surface area contributed by atoms with Gasteiger partial charge in [0.05, 0.1) is 37.1 Å². The molecule has 11 heteroatoms. The normalized spacial score (nSPS) is 43.4. The summed E-state index contributed by atoms with van der Waals surface area (Å²) in [4.78, 5) is 68.2. The maximum absolute atomic E-state index is 14.9. The summed E-state index contributed by atoms with van der Waals surface area (Å²) in [6.45, 7) is 11.4. The van der Waals surface area contributed by atoms with Crippen molar-refractivity contribution in [2.75, 3.05) is 7.11 Å². The molecule has 2 heterocycles. The van der Waals surface area contributed by atoms with E-state index >= 15 is 0 Å². The van der Waals surface area contributed by atoms with Gasteiger partial charge < -0.3 is 28.5 Å². The highest BCUT2D eigenvalue weighted by atomic mass is 16.6. The minimum atomic E-state index is -2.06. The predicted octanol–water partition coefficient (Wildman–Crippen LogP) is 4.16. The van der Waals surface area contributed by atoms with Crippen LogP contribution in [0.15, 0.2) is 46.5 Å². The fourth-order valence-electron chi connectivity index (χ4n) is 9.90. The van der Waals surface area contributed by atoms with Crippen LogP contribution in [0.25, 0.3) is 0 Å². The Bertz CT molecular complexity index is 1570. The van der Waals surface area contributed by atoms with Gasteiger partial charge in [-0.3, -0.25) is 24.0 Å². The molecule has 0 amide bonds. The minimum absolute atomic E-state index is 0.146. The standard InChI is InChI=1S/C34H40O11/c1-9-16(2)28(39)44-27-23(43-17(3)35)25-30(4)12-10-20(36)31(5,29(40)41-8)24(30)22(37)26(38)33(25,7)34-21(45-34)14-19(32(27,34)6)18-11-13-42-15-18/h10-13,15-16,19,21,23,25,27,37H,9,14H2,1-8H3/t16-,19+,21-,23-,25-,27+,30+,31+,32-,33+,34-/m1/s1. The molecule has 1 N–H and O–H groups in total. The van der Waals surface area contributed by atoms with Gasteiger partial charge >= 0.3 is 17.9 Å². The largest absolute Gasteiger partial charge is 0.504 e. The highest BCUT2D eigenvalue weighted by molar-refractivity contribution is 6.15. The molecule has 11 nitrogen and oxygen atoms in total. The third kappa shape index (κ3) is 3.48. The smallest absolute Gasteiger partial charge is 0.323 e. The molecule has 6 rings (SSSR count). The van der Waals surface area contributed by atoms with E-state index < -0.39 is 92.6 Å². The molecular formula is C34H40O11. The first-order valence-corrected chi connectivity index (χ1v) is 15.4. The highest BCUT2D eigenvalue weighted by Gasteiger charge is 2.92. The summed E-state index contributed by atoms with van der Waals surface area (Å²) in [5.41, 5.74) is -6.86. The maximum Gasteiger partial charge on any atom is 0.323 e. The summed E-state index contributed by atoms with van der Waals surface area (Å²) in [6, 6.07) is 1.81. The van der Waals surface area contributed by atoms with Gasteiger partial charge in [0.1, 0.15) is 17.8 Å². The fraction of sp³-hybridized carbons (Fsp3) is 0.618. The molecule has 1 saturated heterocycles. The van der Waals surface area contributed by atoms with E-state index in [2.05, 4.69) is 0 Å². The van der Waals surface area contributed by atoms with Gasteiger partial charge in [0.2, 0.25) is 5.78 Å². The second-order valence-electron chi connectivity index (χ2n) is 14.0. The Morgan fingerprint density at radius 1 is 1.13 bits per heavy atom. The van der Waals surface area contributed by atoms with Crippen LogP contribution in [0.2, 0.25) is 0 Å². The molecule has 45 heavy (non-hydrogen) atoms. The lowest BCUT2D eigenvalue weighted by Crippen LogP contribution is -2.76. The van der Waals surface area contributed by atoms with Gasteiger partial charge in [0, 0.05) is 35.2 Å². The number of carbonyl (C=O) groups is 5. The van der Waals surface area contributed by atoms with Gasteiger partial charge in [-0.2, -0.15) is 0 Å². The molecule has 0 radical (unpaired) electrons. The van der Waals surface area contributed by atoms with E-state index in [9.17, 15) is 29.1 Å². The van der Waals surface area contributed by atoms with E-state index in [4.69, 9.17) is 23.4 Å². The Balaban J connectivity index is 1.68. The second kappa shape index (κ2) is 9.64. The van der Waals surface area contributed by atoms with E-state index in [1.807, 2.05) is 19.9 Å². The topological polar surface area (TPSA) is 159 Å². The van der Waals surface area contributed by atoms with Gasteiger partial charge in [-0.05, 0) is 44.4 Å². The molecule has 1 aromatic heterocycles. The molecule has 1 aromatic rings. The summed E-state index contributed by atoms with van der Waals surface area (Å²) in [5.74, 6) is -6.17. The molecule has 1 spiro atoms. The first-order valence-electron chi connectivity index (χ1n) is 15.4. The number of epoxide rings is 1. The number of aliphatic hydroxyl groups is 1. The number of hydrogen-bond donors (Lipinski definition) is 1. The molecule has 242 valence electrons. The molecule has 4 aliphatic carbocycles. The second-order valence-corrected chi connectivity index (χ2v) is 14.0. The Kier molecular flexibility index (Phi) is 6.70. The van der Waals surface area contributed by atoms with Crippen LogP contribution in [0.3, 0.4) is 0 Å². The molecular weight excluding hydrogens is 584 g/mol. The summed E-state index contributed by atoms with van der Waals surface area (Å²) < 4.78 is 29.6. The van der Waals surface area contributed by atoms with Crippen molar-refractivity contribution in [3.05, 3.63) is 47.6 Å². The lowest BCUT2D eigenvalue weighted by atomic mass is 9.38. The third-order valence-electron chi connectivity index (χ3n) is 12.1. The number of aliphatic hydroxyl groups excluding tert-OH is 1. The van der Waals surface area contributed by atoms with E-state index in [-0.39, 0.29) is 11.5 Å². The molecule has 2 saturated carbocycles. The maximum atomic E-state index is 14.9. The number of furan rings is 1. The van der Waals surface area contributed by atoms with Crippen LogP contribution in [0.5, 0.6) is 0 Å².